The van der Waals surface area contributed by atoms with Crippen molar-refractivity contribution < 1.29 is 49.6 Å². The molecule has 4 rings (SSSR count). The van der Waals surface area contributed by atoms with Gasteiger partial charge in [-0.15, -0.1) is 0 Å². The molecule has 1 fully saturated rings. The van der Waals surface area contributed by atoms with E-state index in [0.717, 1.165) is 18.2 Å². The molecule has 1 aliphatic heterocycles. The van der Waals surface area contributed by atoms with Crippen LogP contribution in [-0.4, -0.2) is 73.1 Å². The van der Waals surface area contributed by atoms with E-state index in [-0.39, 0.29) is 27.7 Å². The predicted octanol–water partition coefficient (Wildman–Crippen LogP) is -0.758. The van der Waals surface area contributed by atoms with Gasteiger partial charge >= 0.3 is 0 Å². The second-order valence-corrected chi connectivity index (χ2v) is 6.87. The van der Waals surface area contributed by atoms with Gasteiger partial charge in [-0.2, -0.15) is 0 Å². The Kier molecular flexibility index (Phi) is 4.92. The zero-order valence-corrected chi connectivity index (χ0v) is 15.2. The third-order valence-electron chi connectivity index (χ3n) is 4.92. The molecule has 11 heteroatoms. The van der Waals surface area contributed by atoms with E-state index in [1.165, 1.54) is 6.07 Å². The van der Waals surface area contributed by atoms with Gasteiger partial charge in [0.05, 0.1) is 6.61 Å². The van der Waals surface area contributed by atoms with Crippen molar-refractivity contribution in [1.29, 1.82) is 0 Å². The number of hydrogen-bond acceptors (Lipinski definition) is 11. The first-order valence-corrected chi connectivity index (χ1v) is 8.84. The van der Waals surface area contributed by atoms with Gasteiger partial charge in [-0.3, -0.25) is 4.79 Å². The second kappa shape index (κ2) is 7.31. The molecule has 30 heavy (non-hydrogen) atoms. The zero-order chi connectivity index (χ0) is 21.7. The Morgan fingerprint density at radius 1 is 0.900 bits per heavy atom. The van der Waals surface area contributed by atoms with Gasteiger partial charge in [0.15, 0.2) is 11.5 Å². The molecule has 1 saturated heterocycles. The Morgan fingerprint density at radius 3 is 2.33 bits per heavy atom. The van der Waals surface area contributed by atoms with Gasteiger partial charge in [0.2, 0.25) is 11.7 Å². The lowest BCUT2D eigenvalue weighted by Gasteiger charge is -2.39. The number of benzene rings is 2. The number of phenols is 3. The zero-order valence-electron chi connectivity index (χ0n) is 15.2. The minimum absolute atomic E-state index is 0.0742. The van der Waals surface area contributed by atoms with Gasteiger partial charge in [-0.25, -0.2) is 0 Å². The number of aromatic hydroxyl groups is 3. The number of aliphatic hydroxyl groups excluding tert-OH is 4. The van der Waals surface area contributed by atoms with Crippen molar-refractivity contribution in [3.05, 3.63) is 34.5 Å². The van der Waals surface area contributed by atoms with Crippen LogP contribution in [0.15, 0.2) is 33.5 Å². The largest absolute Gasteiger partial charge is 0.508 e. The van der Waals surface area contributed by atoms with E-state index in [0.29, 0.717) is 0 Å². The van der Waals surface area contributed by atoms with Gasteiger partial charge in [0.25, 0.3) is 0 Å². The smallest absolute Gasteiger partial charge is 0.229 e. The molecule has 0 unspecified atom stereocenters. The van der Waals surface area contributed by atoms with Crippen LogP contribution >= 0.6 is 0 Å². The maximum atomic E-state index is 13.0. The van der Waals surface area contributed by atoms with E-state index in [9.17, 15) is 40.5 Å². The molecule has 0 aliphatic carbocycles. The number of phenolic OH excluding ortho intramolecular Hbond substituents is 3. The molecule has 7 N–H and O–H groups in total. The van der Waals surface area contributed by atoms with Crippen LogP contribution in [-0.2, 0) is 4.74 Å². The molecule has 5 atom stereocenters. The van der Waals surface area contributed by atoms with E-state index in [2.05, 4.69) is 0 Å². The highest BCUT2D eigenvalue weighted by Crippen LogP contribution is 2.38. The Bertz CT molecular complexity index is 1170. The summed E-state index contributed by atoms with van der Waals surface area (Å²) in [5, 5.41) is 68.6. The third kappa shape index (κ3) is 3.09. The Labute approximate surface area is 167 Å². The van der Waals surface area contributed by atoms with E-state index in [1.54, 1.807) is 0 Å². The lowest BCUT2D eigenvalue weighted by atomic mass is 9.99. The van der Waals surface area contributed by atoms with Crippen molar-refractivity contribution >= 4 is 21.9 Å². The Morgan fingerprint density at radius 2 is 1.63 bits per heavy atom. The molecule has 11 nitrogen and oxygen atoms in total. The summed E-state index contributed by atoms with van der Waals surface area (Å²) in [4.78, 5) is 13.0. The van der Waals surface area contributed by atoms with Gasteiger partial charge in [-0.1, -0.05) is 0 Å². The second-order valence-electron chi connectivity index (χ2n) is 6.87. The van der Waals surface area contributed by atoms with Crippen LogP contribution < -0.4 is 10.2 Å². The summed E-state index contributed by atoms with van der Waals surface area (Å²) in [5.74, 6) is -1.91. The van der Waals surface area contributed by atoms with Gasteiger partial charge in [0, 0.05) is 12.1 Å². The van der Waals surface area contributed by atoms with Gasteiger partial charge in [-0.05, 0) is 12.1 Å². The molecule has 3 aromatic rings. The number of rotatable bonds is 3. The summed E-state index contributed by atoms with van der Waals surface area (Å²) in [6, 6.07) is 4.46. The van der Waals surface area contributed by atoms with Crippen molar-refractivity contribution in [2.75, 3.05) is 6.61 Å². The van der Waals surface area contributed by atoms with Crippen LogP contribution in [0.3, 0.4) is 0 Å². The molecular formula is C19H18O11. The summed E-state index contributed by atoms with van der Waals surface area (Å²) < 4.78 is 16.2. The average Bonchev–Trinajstić information content (AvgIpc) is 2.69. The third-order valence-corrected chi connectivity index (χ3v) is 4.92. The molecule has 2 heterocycles. The monoisotopic (exact) mass is 422 g/mol. The summed E-state index contributed by atoms with van der Waals surface area (Å²) in [6.45, 7) is -0.698. The molecule has 0 bridgehead atoms. The molecule has 0 spiro atoms. The van der Waals surface area contributed by atoms with Gasteiger partial charge < -0.3 is 49.6 Å². The van der Waals surface area contributed by atoms with Crippen molar-refractivity contribution in [3.63, 3.8) is 0 Å². The maximum absolute atomic E-state index is 13.0. The molecule has 0 saturated carbocycles. The van der Waals surface area contributed by atoms with Crippen LogP contribution in [0.25, 0.3) is 21.9 Å². The molecule has 160 valence electrons. The highest BCUT2D eigenvalue weighted by Gasteiger charge is 2.45. The summed E-state index contributed by atoms with van der Waals surface area (Å²) >= 11 is 0. The van der Waals surface area contributed by atoms with Crippen molar-refractivity contribution in [2.45, 2.75) is 30.7 Å². The molecule has 1 aliphatic rings. The molecule has 2 aromatic carbocycles. The quantitative estimate of drug-likeness (QED) is 0.263. The van der Waals surface area contributed by atoms with Crippen LogP contribution in [0.4, 0.5) is 0 Å². The van der Waals surface area contributed by atoms with Crippen molar-refractivity contribution in [2.24, 2.45) is 0 Å². The standard InChI is InChI=1S/C19H18O11/c20-5-11-14(24)16(26)17(27)19(29-11)30-18-7(22)1-2-9-13(18)15(25)12-8(23)3-6(21)4-10(12)28-9/h1-4,11,14,16-17,19-24,26-27H,5H2/t11-,14-,16-,17-,19-/m1/s1. The van der Waals surface area contributed by atoms with Crippen LogP contribution in [0.2, 0.25) is 0 Å². The maximum Gasteiger partial charge on any atom is 0.229 e. The van der Waals surface area contributed by atoms with Crippen molar-refractivity contribution in [3.8, 4) is 23.0 Å². The fourth-order valence-corrected chi connectivity index (χ4v) is 3.39. The number of ether oxygens (including phenoxy) is 2. The van der Waals surface area contributed by atoms with Crippen molar-refractivity contribution in [1.82, 2.24) is 0 Å². The molecule has 1 aromatic heterocycles. The lowest BCUT2D eigenvalue weighted by molar-refractivity contribution is -0.277. The SMILES string of the molecule is O=c1c2c(O)cc(O)cc2oc2ccc(O)c(O[C@H]3O[C@H](CO)[C@@H](O)[C@@H](O)[C@H]3O)c12. The number of fused-ring (bicyclic) bond motifs is 2. The van der Waals surface area contributed by atoms with Crippen LogP contribution in [0.1, 0.15) is 0 Å². The average molecular weight is 422 g/mol. The first-order valence-electron chi connectivity index (χ1n) is 8.84. The molecular weight excluding hydrogens is 404 g/mol. The highest BCUT2D eigenvalue weighted by atomic mass is 16.7. The highest BCUT2D eigenvalue weighted by molar-refractivity contribution is 5.97. The fourth-order valence-electron chi connectivity index (χ4n) is 3.39. The van der Waals surface area contributed by atoms with E-state index in [1.807, 2.05) is 0 Å². The Hall–Kier alpha value is -3.09. The minimum atomic E-state index is -1.78. The first-order chi connectivity index (χ1) is 14.2. The molecule has 0 radical (unpaired) electrons. The Balaban J connectivity index is 1.88. The first kappa shape index (κ1) is 20.2. The summed E-state index contributed by atoms with van der Waals surface area (Å²) in [7, 11) is 0. The molecule has 0 amide bonds. The topological polar surface area (TPSA) is 190 Å². The lowest BCUT2D eigenvalue weighted by Crippen LogP contribution is -2.60. The number of hydrogen-bond donors (Lipinski definition) is 7. The predicted molar refractivity (Wildman–Crippen MR) is 99.4 cm³/mol. The van der Waals surface area contributed by atoms with Gasteiger partial charge in [0.1, 0.15) is 57.9 Å². The summed E-state index contributed by atoms with van der Waals surface area (Å²) in [5.41, 5.74) is -0.997. The van der Waals surface area contributed by atoms with Crippen LogP contribution in [0.5, 0.6) is 23.0 Å². The van der Waals surface area contributed by atoms with E-state index >= 15 is 0 Å². The van der Waals surface area contributed by atoms with E-state index < -0.39 is 60.0 Å². The van der Waals surface area contributed by atoms with E-state index in [4.69, 9.17) is 13.9 Å². The minimum Gasteiger partial charge on any atom is -0.508 e. The summed E-state index contributed by atoms with van der Waals surface area (Å²) in [6.07, 6.45) is -8.07. The number of aliphatic hydroxyl groups is 4. The van der Waals surface area contributed by atoms with Crippen LogP contribution in [0, 0.1) is 0 Å². The fraction of sp³-hybridized carbons (Fsp3) is 0.316. The normalized spacial score (nSPS) is 26.9.